The van der Waals surface area contributed by atoms with E-state index in [4.69, 9.17) is 16.3 Å². The summed E-state index contributed by atoms with van der Waals surface area (Å²) in [6, 6.07) is 3.81. The molecule has 0 unspecified atom stereocenters. The molecule has 1 N–H and O–H groups in total. The van der Waals surface area contributed by atoms with Crippen LogP contribution in [0.1, 0.15) is 48.7 Å². The molecule has 2 rings (SSSR count). The van der Waals surface area contributed by atoms with Crippen molar-refractivity contribution in [2.24, 2.45) is 0 Å². The summed E-state index contributed by atoms with van der Waals surface area (Å²) in [4.78, 5) is 11.9. The molecule has 2 aromatic rings. The number of aryl methyl sites for hydroxylation is 2. The Morgan fingerprint density at radius 1 is 1.29 bits per heavy atom. The number of carbonyl (C=O) groups excluding carboxylic acids is 1. The summed E-state index contributed by atoms with van der Waals surface area (Å²) >= 11 is 7.54. The molecule has 1 heterocycles. The van der Waals surface area contributed by atoms with Crippen molar-refractivity contribution >= 4 is 34.0 Å². The van der Waals surface area contributed by atoms with Gasteiger partial charge in [-0.15, -0.1) is 10.2 Å². The number of halogens is 1. The van der Waals surface area contributed by atoms with E-state index in [0.717, 1.165) is 26.9 Å². The van der Waals surface area contributed by atoms with Crippen molar-refractivity contribution < 1.29 is 9.53 Å². The minimum Gasteiger partial charge on any atom is -0.494 e. The number of carbonyl (C=O) groups is 1. The van der Waals surface area contributed by atoms with Gasteiger partial charge in [0.15, 0.2) is 0 Å². The van der Waals surface area contributed by atoms with Crippen molar-refractivity contribution in [1.29, 1.82) is 0 Å². The van der Waals surface area contributed by atoms with E-state index in [1.54, 1.807) is 0 Å². The number of nitrogens with one attached hydrogen (secondary N) is 1. The second-order valence-corrected chi connectivity index (χ2v) is 7.36. The number of benzene rings is 1. The van der Waals surface area contributed by atoms with E-state index in [1.165, 1.54) is 11.3 Å². The maximum absolute atomic E-state index is 11.9. The molecular weight excluding hydrogens is 346 g/mol. The van der Waals surface area contributed by atoms with Crippen LogP contribution >= 0.6 is 22.9 Å². The Morgan fingerprint density at radius 2 is 1.96 bits per heavy atom. The van der Waals surface area contributed by atoms with Gasteiger partial charge >= 0.3 is 0 Å². The molecule has 0 aliphatic heterocycles. The van der Waals surface area contributed by atoms with Gasteiger partial charge in [-0.05, 0) is 43.5 Å². The van der Waals surface area contributed by atoms with E-state index in [2.05, 4.69) is 15.5 Å². The van der Waals surface area contributed by atoms with E-state index in [9.17, 15) is 4.79 Å². The highest BCUT2D eigenvalue weighted by Gasteiger charge is 2.10. The third kappa shape index (κ3) is 5.18. The van der Waals surface area contributed by atoms with E-state index < -0.39 is 0 Å². The summed E-state index contributed by atoms with van der Waals surface area (Å²) in [5, 5.41) is 13.0. The Hall–Kier alpha value is -1.66. The molecule has 0 spiro atoms. The number of amides is 1. The van der Waals surface area contributed by atoms with Gasteiger partial charge < -0.3 is 10.1 Å². The van der Waals surface area contributed by atoms with Gasteiger partial charge in [0.05, 0.1) is 6.61 Å². The fourth-order valence-electron chi connectivity index (χ4n) is 2.11. The standard InChI is InChI=1S/C17H22ClN3O2S/c1-10(2)16-20-21-17(24-16)19-14(22)6-5-7-23-13-8-11(3)15(18)12(4)9-13/h8-10H,5-7H2,1-4H3,(H,19,21,22). The van der Waals surface area contributed by atoms with Crippen LogP contribution in [0.3, 0.4) is 0 Å². The molecular formula is C17H22ClN3O2S. The zero-order valence-corrected chi connectivity index (χ0v) is 15.9. The molecule has 0 saturated heterocycles. The number of nitrogens with zero attached hydrogens (tertiary/aromatic N) is 2. The summed E-state index contributed by atoms with van der Waals surface area (Å²) < 4.78 is 5.69. The first kappa shape index (κ1) is 18.7. The highest BCUT2D eigenvalue weighted by atomic mass is 35.5. The third-order valence-corrected chi connectivity index (χ3v) is 5.14. The lowest BCUT2D eigenvalue weighted by atomic mass is 10.1. The topological polar surface area (TPSA) is 64.1 Å². The fourth-order valence-corrected chi connectivity index (χ4v) is 2.98. The van der Waals surface area contributed by atoms with Crippen LogP contribution in [0.2, 0.25) is 5.02 Å². The molecule has 0 bridgehead atoms. The minimum atomic E-state index is -0.0754. The Kier molecular flexibility index (Phi) is 6.57. The maximum atomic E-state index is 11.9. The van der Waals surface area contributed by atoms with Crippen LogP contribution in [0.4, 0.5) is 5.13 Å². The van der Waals surface area contributed by atoms with Crippen molar-refractivity contribution in [2.75, 3.05) is 11.9 Å². The predicted octanol–water partition coefficient (Wildman–Crippen LogP) is 4.73. The Morgan fingerprint density at radius 3 is 2.54 bits per heavy atom. The molecule has 1 amide bonds. The smallest absolute Gasteiger partial charge is 0.226 e. The molecule has 0 radical (unpaired) electrons. The number of rotatable bonds is 7. The van der Waals surface area contributed by atoms with E-state index >= 15 is 0 Å². The highest BCUT2D eigenvalue weighted by Crippen LogP contribution is 2.26. The predicted molar refractivity (Wildman–Crippen MR) is 98.3 cm³/mol. The van der Waals surface area contributed by atoms with E-state index in [0.29, 0.717) is 30.5 Å². The molecule has 1 aromatic carbocycles. The van der Waals surface area contributed by atoms with Gasteiger partial charge in [0.2, 0.25) is 11.0 Å². The minimum absolute atomic E-state index is 0.0754. The van der Waals surface area contributed by atoms with Gasteiger partial charge in [0.25, 0.3) is 0 Å². The van der Waals surface area contributed by atoms with Crippen molar-refractivity contribution in [1.82, 2.24) is 10.2 Å². The van der Waals surface area contributed by atoms with Gasteiger partial charge in [-0.1, -0.05) is 36.8 Å². The largest absolute Gasteiger partial charge is 0.494 e. The lowest BCUT2D eigenvalue weighted by Crippen LogP contribution is -2.12. The Labute approximate surface area is 151 Å². The molecule has 1 aromatic heterocycles. The van der Waals surface area contributed by atoms with E-state index in [1.807, 2.05) is 39.8 Å². The van der Waals surface area contributed by atoms with Gasteiger partial charge in [0, 0.05) is 17.4 Å². The van der Waals surface area contributed by atoms with Crippen LogP contribution in [0.15, 0.2) is 12.1 Å². The normalized spacial score (nSPS) is 10.9. The van der Waals surface area contributed by atoms with Crippen LogP contribution in [-0.2, 0) is 4.79 Å². The Balaban J connectivity index is 1.74. The molecule has 24 heavy (non-hydrogen) atoms. The monoisotopic (exact) mass is 367 g/mol. The van der Waals surface area contributed by atoms with Crippen LogP contribution in [-0.4, -0.2) is 22.7 Å². The van der Waals surface area contributed by atoms with Crippen molar-refractivity contribution in [2.45, 2.75) is 46.5 Å². The zero-order valence-electron chi connectivity index (χ0n) is 14.4. The summed E-state index contributed by atoms with van der Waals surface area (Å²) in [7, 11) is 0. The van der Waals surface area contributed by atoms with Crippen molar-refractivity contribution in [3.05, 3.63) is 33.3 Å². The first-order valence-electron chi connectivity index (χ1n) is 7.89. The first-order valence-corrected chi connectivity index (χ1v) is 9.09. The third-order valence-electron chi connectivity index (χ3n) is 3.41. The summed E-state index contributed by atoms with van der Waals surface area (Å²) in [6.45, 7) is 8.46. The lowest BCUT2D eigenvalue weighted by molar-refractivity contribution is -0.116. The van der Waals surface area contributed by atoms with Crippen molar-refractivity contribution in [3.8, 4) is 5.75 Å². The van der Waals surface area contributed by atoms with Crippen LogP contribution in [0.5, 0.6) is 5.75 Å². The lowest BCUT2D eigenvalue weighted by Gasteiger charge is -2.09. The van der Waals surface area contributed by atoms with Gasteiger partial charge in [-0.3, -0.25) is 4.79 Å². The molecule has 0 aliphatic carbocycles. The second-order valence-electron chi connectivity index (χ2n) is 5.97. The zero-order chi connectivity index (χ0) is 17.7. The average Bonchev–Trinajstić information content (AvgIpc) is 2.98. The van der Waals surface area contributed by atoms with Crippen LogP contribution < -0.4 is 10.1 Å². The summed E-state index contributed by atoms with van der Waals surface area (Å²) in [6.07, 6.45) is 1.00. The molecule has 0 fully saturated rings. The second kappa shape index (κ2) is 8.44. The summed E-state index contributed by atoms with van der Waals surface area (Å²) in [5.74, 6) is 1.02. The molecule has 7 heteroatoms. The van der Waals surface area contributed by atoms with Crippen LogP contribution in [0, 0.1) is 13.8 Å². The number of hydrogen-bond donors (Lipinski definition) is 1. The van der Waals surface area contributed by atoms with Crippen LogP contribution in [0.25, 0.3) is 0 Å². The molecule has 5 nitrogen and oxygen atoms in total. The van der Waals surface area contributed by atoms with E-state index in [-0.39, 0.29) is 5.91 Å². The number of hydrogen-bond acceptors (Lipinski definition) is 5. The molecule has 0 saturated carbocycles. The highest BCUT2D eigenvalue weighted by molar-refractivity contribution is 7.15. The first-order chi connectivity index (χ1) is 11.4. The van der Waals surface area contributed by atoms with Gasteiger partial charge in [-0.2, -0.15) is 0 Å². The average molecular weight is 368 g/mol. The van der Waals surface area contributed by atoms with Gasteiger partial charge in [-0.25, -0.2) is 0 Å². The Bertz CT molecular complexity index is 693. The fraction of sp³-hybridized carbons (Fsp3) is 0.471. The number of anilines is 1. The molecule has 0 aliphatic rings. The number of aromatic nitrogens is 2. The summed E-state index contributed by atoms with van der Waals surface area (Å²) in [5.41, 5.74) is 1.98. The molecule has 130 valence electrons. The van der Waals surface area contributed by atoms with Crippen molar-refractivity contribution in [3.63, 3.8) is 0 Å². The number of ether oxygens (including phenoxy) is 1. The van der Waals surface area contributed by atoms with Gasteiger partial charge in [0.1, 0.15) is 10.8 Å². The molecule has 0 atom stereocenters. The quantitative estimate of drug-likeness (QED) is 0.718. The SMILES string of the molecule is Cc1cc(OCCCC(=O)Nc2nnc(C(C)C)s2)cc(C)c1Cl. The maximum Gasteiger partial charge on any atom is 0.226 e.